The summed E-state index contributed by atoms with van der Waals surface area (Å²) in [5.41, 5.74) is -12.0. The van der Waals surface area contributed by atoms with Crippen molar-refractivity contribution in [2.24, 2.45) is 0 Å². The van der Waals surface area contributed by atoms with E-state index in [2.05, 4.69) is 0 Å². The van der Waals surface area contributed by atoms with Crippen molar-refractivity contribution in [2.75, 3.05) is 0 Å². The number of fused-ring (bicyclic) bond motifs is 18. The molecule has 454 valence electrons. The van der Waals surface area contributed by atoms with E-state index in [1.165, 1.54) is 0 Å². The third-order valence-corrected chi connectivity index (χ3v) is 16.3. The van der Waals surface area contributed by atoms with Gasteiger partial charge in [0.1, 0.15) is 22.3 Å². The zero-order valence-electron chi connectivity index (χ0n) is 107. The second kappa shape index (κ2) is 22.4. The van der Waals surface area contributed by atoms with Crippen molar-refractivity contribution in [1.82, 2.24) is 0 Å². The van der Waals surface area contributed by atoms with Crippen LogP contribution in [0.15, 0.2) is 359 Å². The second-order valence-corrected chi connectivity index (χ2v) is 21.5. The third-order valence-electron chi connectivity index (χ3n) is 16.3. The maximum atomic E-state index is 9.87. The van der Waals surface area contributed by atoms with Crippen LogP contribution in [-0.2, 0) is 0 Å². The van der Waals surface area contributed by atoms with Crippen molar-refractivity contribution in [2.45, 2.75) is 0 Å². The first-order valence-electron chi connectivity index (χ1n) is 58.1. The Morgan fingerprint density at radius 1 is 0.173 bits per heavy atom. The van der Waals surface area contributed by atoms with Gasteiger partial charge in [-0.25, -0.2) is 0 Å². The zero-order valence-corrected chi connectivity index (χ0v) is 48.8. The summed E-state index contributed by atoms with van der Waals surface area (Å²) in [6.45, 7) is 0. The summed E-state index contributed by atoms with van der Waals surface area (Å²) < 4.78 is 537. The largest absolute Gasteiger partial charge is 0.455 e. The first-order chi connectivity index (χ1) is 72.8. The van der Waals surface area contributed by atoms with E-state index in [1.807, 2.05) is 0 Å². The lowest BCUT2D eigenvalue weighted by molar-refractivity contribution is 0.672. The van der Waals surface area contributed by atoms with E-state index in [1.54, 1.807) is 0 Å². The van der Waals surface area contributed by atoms with Gasteiger partial charge in [0.05, 0.1) is 79.5 Å². The minimum Gasteiger partial charge on any atom is -0.455 e. The fourth-order valence-electron chi connectivity index (χ4n) is 12.1. The van der Waals surface area contributed by atoms with Crippen LogP contribution >= 0.6 is 0 Å². The molecule has 0 unspecified atom stereocenters. The molecule has 0 atom stereocenters. The van der Waals surface area contributed by atoms with Gasteiger partial charge in [-0.3, -0.25) is 0 Å². The van der Waals surface area contributed by atoms with Crippen LogP contribution in [0.4, 0.5) is 0 Å². The van der Waals surface area contributed by atoms with Crippen LogP contribution in [0.3, 0.4) is 0 Å². The fourth-order valence-corrected chi connectivity index (χ4v) is 12.1. The van der Waals surface area contributed by atoms with Crippen LogP contribution < -0.4 is 0 Å². The molecule has 2 heterocycles. The van der Waals surface area contributed by atoms with Gasteiger partial charge in [-0.2, -0.15) is 0 Å². The SMILES string of the molecule is [2H]c1c([2H])c(-c2c([2H])c([2H])c([2H])c3c([2H])c([2H])c([2H])c([2H])c23)c([2H])c(-c2c3c([2H])c([2H])c([2H])c([2H])c3c(-c3c([2H])c([2H])c4oc5c6c([2H])c([2H])c([2H])c([2H])c6c([2H])c([2H])c5c4c3[2H])c3c([2H])c([2H])c([2H])c([2H])c23)c1[2H].[2H]c1c([2H])c(-c2c([2H])c([2H])c([2H])c3c([2H])c([2H])c4c([2H])c([2H])c([2H])c([2H])c4c23)c([2H])c([2H])c1-c1c2c([2H])c([2H])c([2H])c([2H])c2c(-c2c([2H])c([2H])c3oc4c5c([2H])c([2H])c([2H])c([2H])c5c([2H])c([2H])c4c3c2[2H])c2c([2H])c([2H])c([2H])c([2H])c12. The van der Waals surface area contributed by atoms with Gasteiger partial charge < -0.3 is 8.83 Å². The lowest BCUT2D eigenvalue weighted by Crippen LogP contribution is -1.91. The quantitative estimate of drug-likeness (QED) is 0.123. The molecule has 0 saturated carbocycles. The maximum absolute atomic E-state index is 9.87. The molecule has 0 N–H and O–H groups in total. The van der Waals surface area contributed by atoms with Gasteiger partial charge in [0.2, 0.25) is 0 Å². The first kappa shape index (κ1) is 22.9. The molecule has 2 aromatic heterocycles. The second-order valence-electron chi connectivity index (χ2n) is 21.5. The molecule has 2 nitrogen and oxygen atoms in total. The molecular formula is C96H58O2. The summed E-state index contributed by atoms with van der Waals surface area (Å²) in [7, 11) is 0. The Kier molecular flexibility index (Phi) is 5.24. The molecular weight excluding hydrogens is 1190 g/mol. The third kappa shape index (κ3) is 8.82. The highest BCUT2D eigenvalue weighted by Gasteiger charge is 2.22. The summed E-state index contributed by atoms with van der Waals surface area (Å²) in [6, 6.07) is -53.9. The van der Waals surface area contributed by atoms with Crippen molar-refractivity contribution >= 4 is 141 Å². The standard InChI is InChI=1S/C50H30O.C46H28O/c1-3-13-37-31(10-1)20-23-34-12-9-19-38(47(34)37)33-21-24-35(25-22-33)48-40-15-5-7-17-42(40)49(43-18-8-6-16-41(43)48)36-27-29-46-45(30-36)44-28-26-32-11-2-4-14-39(32)50(44)51-46;1-3-16-34-29(11-1)13-10-22-35(34)31-14-9-15-32(27-31)44-37-18-5-7-20-39(37)45(40-21-8-6-19-38(40)44)33-24-26-43-42(28-33)41-25-23-30-12-2-4-17-36(30)46(41)47-43/h1-30H;1-28H/i1D,2D,3D,4D,5D,6D,7D,8D,9D,10D,11D,12D,13D,14D,15D,16D,17D,18D,19D,20D,21D,22D,23D,24D,25D,26D,27D,28D,29D,30D;1D,2D,3D,4D,5D,6D,7D,8D,9D,10D,11D,12D,13D,14D,15D,16D,17D,18D,19D,20D,21D,22D,23D,24D,25D,26D,27D,28D. The van der Waals surface area contributed by atoms with E-state index in [9.17, 15) is 28.8 Å². The molecule has 21 rings (SSSR count). The van der Waals surface area contributed by atoms with Gasteiger partial charge in [0.25, 0.3) is 0 Å². The van der Waals surface area contributed by atoms with Crippen LogP contribution in [0.5, 0.6) is 0 Å². The fraction of sp³-hybridized carbons (Fsp3) is 0. The smallest absolute Gasteiger partial charge is 0.143 e. The lowest BCUT2D eigenvalue weighted by atomic mass is 9.85. The molecule has 0 radical (unpaired) electrons. The van der Waals surface area contributed by atoms with Crippen LogP contribution in [0.2, 0.25) is 0 Å². The van der Waals surface area contributed by atoms with Crippen LogP contribution in [0.1, 0.15) is 79.5 Å². The highest BCUT2D eigenvalue weighted by molar-refractivity contribution is 6.26. The molecule has 0 aliphatic carbocycles. The maximum Gasteiger partial charge on any atom is 0.143 e. The van der Waals surface area contributed by atoms with E-state index < -0.39 is 558 Å². The topological polar surface area (TPSA) is 26.3 Å². The Morgan fingerprint density at radius 3 is 0.980 bits per heavy atom. The molecule has 0 saturated heterocycles. The van der Waals surface area contributed by atoms with E-state index in [-0.39, 0.29) is 0 Å². The van der Waals surface area contributed by atoms with Crippen molar-refractivity contribution in [1.29, 1.82) is 0 Å². The molecule has 0 aliphatic rings. The monoisotopic (exact) mass is 1300 g/mol. The molecule has 19 aromatic carbocycles. The number of benzene rings is 19. The summed E-state index contributed by atoms with van der Waals surface area (Å²) in [4.78, 5) is 0. The predicted molar refractivity (Wildman–Crippen MR) is 418 cm³/mol. The minimum absolute atomic E-state index is 0.423. The highest BCUT2D eigenvalue weighted by atomic mass is 16.3. The van der Waals surface area contributed by atoms with E-state index >= 15 is 0 Å². The van der Waals surface area contributed by atoms with Gasteiger partial charge in [0, 0.05) is 32.3 Å². The normalized spacial score (nSPS) is 20.2. The highest BCUT2D eigenvalue weighted by Crippen LogP contribution is 2.49. The van der Waals surface area contributed by atoms with Gasteiger partial charge in [-0.15, -0.1) is 0 Å². The van der Waals surface area contributed by atoms with Gasteiger partial charge >= 0.3 is 0 Å². The summed E-state index contributed by atoms with van der Waals surface area (Å²) >= 11 is 0. The molecule has 0 fully saturated rings. The Balaban J connectivity index is 0.000000188. The van der Waals surface area contributed by atoms with Gasteiger partial charge in [-0.1, -0.05) is 308 Å². The Morgan fingerprint density at radius 2 is 0.490 bits per heavy atom. The summed E-state index contributed by atoms with van der Waals surface area (Å²) in [5.74, 6) is 0. The lowest BCUT2D eigenvalue weighted by Gasteiger charge is -2.18. The summed E-state index contributed by atoms with van der Waals surface area (Å²) in [6.07, 6.45) is 0. The molecule has 0 bridgehead atoms. The van der Waals surface area contributed by atoms with Crippen LogP contribution in [0.25, 0.3) is 208 Å². The predicted octanol–water partition coefficient (Wildman–Crippen LogP) is 27.6. The molecule has 0 aliphatic heterocycles. The zero-order chi connectivity index (χ0) is 115. The van der Waals surface area contributed by atoms with Crippen molar-refractivity contribution < 1.29 is 88.3 Å². The Hall–Kier alpha value is -12.9. The van der Waals surface area contributed by atoms with Gasteiger partial charge in [0.15, 0.2) is 0 Å². The van der Waals surface area contributed by atoms with E-state index in [4.69, 9.17) is 59.6 Å². The Labute approximate surface area is 646 Å². The molecule has 21 aromatic rings. The van der Waals surface area contributed by atoms with Crippen molar-refractivity contribution in [3.63, 3.8) is 0 Å². The average Bonchev–Trinajstić information content (AvgIpc) is 1.32. The van der Waals surface area contributed by atoms with Crippen molar-refractivity contribution in [3.8, 4) is 66.8 Å². The van der Waals surface area contributed by atoms with Crippen LogP contribution in [-0.4, -0.2) is 0 Å². The number of furan rings is 2. The molecule has 0 spiro atoms. The molecule has 98 heavy (non-hydrogen) atoms. The Bertz CT molecular complexity index is 10300. The average molecular weight is 1300 g/mol. The van der Waals surface area contributed by atoms with Crippen molar-refractivity contribution in [3.05, 3.63) is 350 Å². The van der Waals surface area contributed by atoms with Crippen LogP contribution in [0, 0.1) is 0 Å². The molecule has 0 amide bonds. The molecule has 2 heteroatoms. The summed E-state index contributed by atoms with van der Waals surface area (Å²) in [5, 5.41) is -13.6. The number of hydrogen-bond donors (Lipinski definition) is 0. The van der Waals surface area contributed by atoms with Gasteiger partial charge in [-0.05, 0) is 195 Å². The van der Waals surface area contributed by atoms with E-state index in [0.717, 1.165) is 0 Å². The number of hydrogen-bond acceptors (Lipinski definition) is 2. The van der Waals surface area contributed by atoms with E-state index in [0.29, 0.717) is 0 Å². The number of rotatable bonds is 6. The first-order valence-corrected chi connectivity index (χ1v) is 29.1. The minimum atomic E-state index is -1.15.